The van der Waals surface area contributed by atoms with E-state index < -0.39 is 0 Å². The summed E-state index contributed by atoms with van der Waals surface area (Å²) < 4.78 is 5.17. The van der Waals surface area contributed by atoms with Crippen LogP contribution < -0.4 is 4.90 Å². The van der Waals surface area contributed by atoms with Crippen molar-refractivity contribution >= 4 is 17.6 Å². The van der Waals surface area contributed by atoms with Crippen molar-refractivity contribution in [3.05, 3.63) is 48.0 Å². The van der Waals surface area contributed by atoms with E-state index in [4.69, 9.17) is 4.42 Å². The van der Waals surface area contributed by atoms with Crippen LogP contribution in [0.15, 0.2) is 41.1 Å². The quantitative estimate of drug-likeness (QED) is 0.831. The molecule has 4 rings (SSSR count). The molecule has 0 aromatic carbocycles. The predicted octanol–water partition coefficient (Wildman–Crippen LogP) is 2.26. The van der Waals surface area contributed by atoms with Crippen LogP contribution in [0.1, 0.15) is 40.2 Å². The summed E-state index contributed by atoms with van der Waals surface area (Å²) in [7, 11) is 0. The van der Waals surface area contributed by atoms with E-state index in [2.05, 4.69) is 9.88 Å². The molecule has 0 aliphatic carbocycles. The molecule has 2 aromatic heterocycles. The van der Waals surface area contributed by atoms with Crippen molar-refractivity contribution in [3.8, 4) is 0 Å². The zero-order valence-electron chi connectivity index (χ0n) is 15.3. The van der Waals surface area contributed by atoms with E-state index in [0.717, 1.165) is 18.9 Å². The summed E-state index contributed by atoms with van der Waals surface area (Å²) in [6.07, 6.45) is 6.84. The Hall–Kier alpha value is -2.83. The number of carbonyl (C=O) groups is 2. The van der Waals surface area contributed by atoms with Gasteiger partial charge in [0.15, 0.2) is 5.76 Å². The molecule has 0 atom stereocenters. The minimum atomic E-state index is -0.125. The number of anilines is 1. The first-order valence-corrected chi connectivity index (χ1v) is 9.55. The van der Waals surface area contributed by atoms with Gasteiger partial charge in [-0.3, -0.25) is 9.59 Å². The van der Waals surface area contributed by atoms with Crippen LogP contribution in [-0.2, 0) is 0 Å². The molecule has 2 saturated heterocycles. The Bertz CT molecular complexity index is 774. The molecular weight excluding hydrogens is 344 g/mol. The first-order valence-electron chi connectivity index (χ1n) is 9.55. The SMILES string of the molecule is O=C(c1ccc(N2CCCCC2)nc1)N1CCN(C(=O)c2ccco2)CC1. The number of hydrogen-bond acceptors (Lipinski definition) is 5. The minimum Gasteiger partial charge on any atom is -0.459 e. The number of piperazine rings is 1. The van der Waals surface area contributed by atoms with Gasteiger partial charge in [-0.2, -0.15) is 0 Å². The monoisotopic (exact) mass is 368 g/mol. The molecule has 0 unspecified atom stereocenters. The highest BCUT2D eigenvalue weighted by Crippen LogP contribution is 2.18. The molecule has 2 amide bonds. The highest BCUT2D eigenvalue weighted by Gasteiger charge is 2.26. The van der Waals surface area contributed by atoms with Gasteiger partial charge in [0.25, 0.3) is 11.8 Å². The fraction of sp³-hybridized carbons (Fsp3) is 0.450. The summed E-state index contributed by atoms with van der Waals surface area (Å²) in [5, 5.41) is 0. The maximum absolute atomic E-state index is 12.7. The molecule has 0 bridgehead atoms. The van der Waals surface area contributed by atoms with Crippen LogP contribution >= 0.6 is 0 Å². The van der Waals surface area contributed by atoms with Crippen molar-refractivity contribution in [1.29, 1.82) is 0 Å². The van der Waals surface area contributed by atoms with Crippen molar-refractivity contribution in [3.63, 3.8) is 0 Å². The summed E-state index contributed by atoms with van der Waals surface area (Å²) in [6.45, 7) is 4.10. The molecule has 7 nitrogen and oxygen atoms in total. The Balaban J connectivity index is 1.34. The van der Waals surface area contributed by atoms with E-state index in [-0.39, 0.29) is 11.8 Å². The van der Waals surface area contributed by atoms with Crippen LogP contribution in [0, 0.1) is 0 Å². The number of furan rings is 1. The van der Waals surface area contributed by atoms with Crippen LogP contribution in [-0.4, -0.2) is 65.9 Å². The lowest BCUT2D eigenvalue weighted by molar-refractivity contribution is 0.0518. The second-order valence-electron chi connectivity index (χ2n) is 7.01. The lowest BCUT2D eigenvalue weighted by Crippen LogP contribution is -2.50. The third-order valence-electron chi connectivity index (χ3n) is 5.26. The molecule has 27 heavy (non-hydrogen) atoms. The van der Waals surface area contributed by atoms with E-state index in [1.54, 1.807) is 28.1 Å². The zero-order chi connectivity index (χ0) is 18.6. The molecule has 0 radical (unpaired) electrons. The molecule has 2 fully saturated rings. The molecule has 4 heterocycles. The van der Waals surface area contributed by atoms with Gasteiger partial charge >= 0.3 is 0 Å². The lowest BCUT2D eigenvalue weighted by atomic mass is 10.1. The normalized spacial score (nSPS) is 17.9. The largest absolute Gasteiger partial charge is 0.459 e. The van der Waals surface area contributed by atoms with Gasteiger partial charge < -0.3 is 19.1 Å². The fourth-order valence-corrected chi connectivity index (χ4v) is 3.67. The number of rotatable bonds is 3. The van der Waals surface area contributed by atoms with Gasteiger partial charge in [0.2, 0.25) is 0 Å². The summed E-state index contributed by atoms with van der Waals surface area (Å²) in [6, 6.07) is 7.16. The van der Waals surface area contributed by atoms with Crippen LogP contribution in [0.2, 0.25) is 0 Å². The van der Waals surface area contributed by atoms with Gasteiger partial charge in [-0.1, -0.05) is 0 Å². The third kappa shape index (κ3) is 3.82. The molecular formula is C20H24N4O3. The highest BCUT2D eigenvalue weighted by atomic mass is 16.3. The van der Waals surface area contributed by atoms with E-state index in [0.29, 0.717) is 37.5 Å². The van der Waals surface area contributed by atoms with Gasteiger partial charge in [0.05, 0.1) is 11.8 Å². The van der Waals surface area contributed by atoms with Crippen molar-refractivity contribution in [2.45, 2.75) is 19.3 Å². The molecule has 142 valence electrons. The van der Waals surface area contributed by atoms with Gasteiger partial charge in [-0.05, 0) is 43.5 Å². The minimum absolute atomic E-state index is 0.0298. The maximum atomic E-state index is 12.7. The van der Waals surface area contributed by atoms with Crippen molar-refractivity contribution in [1.82, 2.24) is 14.8 Å². The third-order valence-corrected chi connectivity index (χ3v) is 5.26. The van der Waals surface area contributed by atoms with Crippen LogP contribution in [0.3, 0.4) is 0 Å². The van der Waals surface area contributed by atoms with Gasteiger partial charge in [0, 0.05) is 45.5 Å². The summed E-state index contributed by atoms with van der Waals surface area (Å²) >= 11 is 0. The van der Waals surface area contributed by atoms with E-state index in [1.165, 1.54) is 25.5 Å². The summed E-state index contributed by atoms with van der Waals surface area (Å²) in [4.78, 5) is 35.3. The van der Waals surface area contributed by atoms with Crippen molar-refractivity contribution in [2.75, 3.05) is 44.2 Å². The number of piperidine rings is 1. The Kier molecular flexibility index (Phi) is 5.09. The Morgan fingerprint density at radius 3 is 2.15 bits per heavy atom. The molecule has 7 heteroatoms. The average molecular weight is 368 g/mol. The summed E-state index contributed by atoms with van der Waals surface area (Å²) in [5.41, 5.74) is 0.599. The maximum Gasteiger partial charge on any atom is 0.289 e. The van der Waals surface area contributed by atoms with Gasteiger partial charge in [0.1, 0.15) is 5.82 Å². The first-order chi connectivity index (χ1) is 13.2. The molecule has 2 aromatic rings. The van der Waals surface area contributed by atoms with Crippen molar-refractivity contribution in [2.24, 2.45) is 0 Å². The molecule has 0 N–H and O–H groups in total. The first kappa shape index (κ1) is 17.6. The number of nitrogens with zero attached hydrogens (tertiary/aromatic N) is 4. The van der Waals surface area contributed by atoms with E-state index >= 15 is 0 Å². The van der Waals surface area contributed by atoms with E-state index in [1.807, 2.05) is 12.1 Å². The number of amides is 2. The second-order valence-corrected chi connectivity index (χ2v) is 7.01. The fourth-order valence-electron chi connectivity index (χ4n) is 3.67. The lowest BCUT2D eigenvalue weighted by Gasteiger charge is -2.34. The van der Waals surface area contributed by atoms with Gasteiger partial charge in [-0.25, -0.2) is 4.98 Å². The number of carbonyl (C=O) groups excluding carboxylic acids is 2. The standard InChI is InChI=1S/C20H24N4O3/c25-19(16-6-7-18(21-15-16)22-8-2-1-3-9-22)23-10-12-24(13-11-23)20(26)17-5-4-14-27-17/h4-7,14-15H,1-3,8-13H2. The number of hydrogen-bond donors (Lipinski definition) is 0. The number of pyridine rings is 1. The van der Waals surface area contributed by atoms with E-state index in [9.17, 15) is 9.59 Å². The zero-order valence-corrected chi connectivity index (χ0v) is 15.3. The van der Waals surface area contributed by atoms with Crippen LogP contribution in [0.4, 0.5) is 5.82 Å². The van der Waals surface area contributed by atoms with Crippen LogP contribution in [0.25, 0.3) is 0 Å². The number of aromatic nitrogens is 1. The smallest absolute Gasteiger partial charge is 0.289 e. The Labute approximate surface area is 158 Å². The molecule has 2 aliphatic rings. The molecule has 0 saturated carbocycles. The van der Waals surface area contributed by atoms with Crippen LogP contribution in [0.5, 0.6) is 0 Å². The predicted molar refractivity (Wildman–Crippen MR) is 101 cm³/mol. The topological polar surface area (TPSA) is 69.9 Å². The average Bonchev–Trinajstić information content (AvgIpc) is 3.28. The Morgan fingerprint density at radius 2 is 1.56 bits per heavy atom. The molecule has 2 aliphatic heterocycles. The highest BCUT2D eigenvalue weighted by molar-refractivity contribution is 5.95. The second kappa shape index (κ2) is 7.82. The van der Waals surface area contributed by atoms with Gasteiger partial charge in [-0.15, -0.1) is 0 Å². The Morgan fingerprint density at radius 1 is 0.852 bits per heavy atom. The molecule has 0 spiro atoms. The van der Waals surface area contributed by atoms with Crippen molar-refractivity contribution < 1.29 is 14.0 Å². The summed E-state index contributed by atoms with van der Waals surface area (Å²) in [5.74, 6) is 1.13.